The zero-order chi connectivity index (χ0) is 11.9. The van der Waals surface area contributed by atoms with Gasteiger partial charge in [0.05, 0.1) is 24.3 Å². The van der Waals surface area contributed by atoms with Crippen molar-refractivity contribution in [3.05, 3.63) is 29.8 Å². The molecule has 0 aliphatic carbocycles. The molecule has 1 heterocycles. The lowest BCUT2D eigenvalue weighted by molar-refractivity contribution is 0.0455. The van der Waals surface area contributed by atoms with Gasteiger partial charge >= 0.3 is 0 Å². The Hall–Kier alpha value is -1.57. The Morgan fingerprint density at radius 3 is 3.12 bits per heavy atom. The van der Waals surface area contributed by atoms with E-state index < -0.39 is 0 Å². The maximum atomic E-state index is 8.74. The van der Waals surface area contributed by atoms with Crippen LogP contribution in [-0.4, -0.2) is 32.4 Å². The van der Waals surface area contributed by atoms with Gasteiger partial charge in [-0.05, 0) is 31.2 Å². The fourth-order valence-electron chi connectivity index (χ4n) is 1.80. The maximum Gasteiger partial charge on any atom is 0.120 e. The molecule has 1 N–H and O–H groups in total. The Balaban J connectivity index is 1.68. The Morgan fingerprint density at radius 1 is 1.41 bits per heavy atom. The standard InChI is InChI=1S/C13H16N2O2/c14-9-11-2-1-3-12(8-11)16-6-7-17-13-4-5-15-10-13/h1-3,8,13,15H,4-7,10H2. The third-order valence-corrected chi connectivity index (χ3v) is 2.68. The van der Waals surface area contributed by atoms with Crippen LogP contribution < -0.4 is 10.1 Å². The van der Waals surface area contributed by atoms with Crippen LogP contribution in [0.4, 0.5) is 0 Å². The molecule has 17 heavy (non-hydrogen) atoms. The van der Waals surface area contributed by atoms with E-state index in [2.05, 4.69) is 11.4 Å². The molecule has 2 rings (SSSR count). The summed E-state index contributed by atoms with van der Waals surface area (Å²) in [6, 6.07) is 9.23. The molecule has 0 spiro atoms. The predicted molar refractivity (Wildman–Crippen MR) is 63.9 cm³/mol. The van der Waals surface area contributed by atoms with Gasteiger partial charge < -0.3 is 14.8 Å². The third kappa shape index (κ3) is 3.74. The highest BCUT2D eigenvalue weighted by Crippen LogP contribution is 2.12. The zero-order valence-electron chi connectivity index (χ0n) is 9.69. The normalized spacial score (nSPS) is 18.9. The molecule has 1 aliphatic heterocycles. The number of rotatable bonds is 5. The van der Waals surface area contributed by atoms with Crippen molar-refractivity contribution >= 4 is 0 Å². The monoisotopic (exact) mass is 232 g/mol. The number of benzene rings is 1. The van der Waals surface area contributed by atoms with E-state index in [1.807, 2.05) is 12.1 Å². The number of nitrogens with one attached hydrogen (secondary N) is 1. The summed E-state index contributed by atoms with van der Waals surface area (Å²) in [7, 11) is 0. The second-order valence-corrected chi connectivity index (χ2v) is 3.97. The zero-order valence-corrected chi connectivity index (χ0v) is 9.69. The van der Waals surface area contributed by atoms with E-state index in [1.54, 1.807) is 12.1 Å². The first-order valence-electron chi connectivity index (χ1n) is 5.84. The van der Waals surface area contributed by atoms with E-state index in [4.69, 9.17) is 14.7 Å². The van der Waals surface area contributed by atoms with Crippen molar-refractivity contribution in [1.29, 1.82) is 5.26 Å². The molecular formula is C13H16N2O2. The number of hydrogen-bond donors (Lipinski definition) is 1. The Labute approximate surface area is 101 Å². The van der Waals surface area contributed by atoms with Crippen molar-refractivity contribution in [2.75, 3.05) is 26.3 Å². The van der Waals surface area contributed by atoms with Gasteiger partial charge in [0.1, 0.15) is 12.4 Å². The van der Waals surface area contributed by atoms with Gasteiger partial charge in [0.15, 0.2) is 0 Å². The Bertz CT molecular complexity index is 395. The molecule has 1 unspecified atom stereocenters. The van der Waals surface area contributed by atoms with Crippen molar-refractivity contribution in [2.24, 2.45) is 0 Å². The third-order valence-electron chi connectivity index (χ3n) is 2.68. The Kier molecular flexibility index (Phi) is 4.37. The van der Waals surface area contributed by atoms with Gasteiger partial charge in [0.25, 0.3) is 0 Å². The summed E-state index contributed by atoms with van der Waals surface area (Å²) < 4.78 is 11.1. The van der Waals surface area contributed by atoms with Gasteiger partial charge in [-0.25, -0.2) is 0 Å². The molecule has 0 aromatic heterocycles. The molecule has 0 saturated carbocycles. The van der Waals surface area contributed by atoms with Crippen molar-refractivity contribution in [2.45, 2.75) is 12.5 Å². The van der Waals surface area contributed by atoms with E-state index in [9.17, 15) is 0 Å². The van der Waals surface area contributed by atoms with Crippen LogP contribution in [0.2, 0.25) is 0 Å². The summed E-state index contributed by atoms with van der Waals surface area (Å²) in [5, 5.41) is 12.0. The van der Waals surface area contributed by atoms with Crippen LogP contribution in [0, 0.1) is 11.3 Å². The van der Waals surface area contributed by atoms with Gasteiger partial charge in [0.2, 0.25) is 0 Å². The molecule has 4 nitrogen and oxygen atoms in total. The van der Waals surface area contributed by atoms with Gasteiger partial charge in [-0.15, -0.1) is 0 Å². The minimum Gasteiger partial charge on any atom is -0.491 e. The highest BCUT2D eigenvalue weighted by molar-refractivity contribution is 5.36. The molecule has 4 heteroatoms. The van der Waals surface area contributed by atoms with Crippen LogP contribution in [0.25, 0.3) is 0 Å². The minimum atomic E-state index is 0.323. The number of hydrogen-bond acceptors (Lipinski definition) is 4. The van der Waals surface area contributed by atoms with E-state index in [0.717, 1.165) is 25.3 Å². The smallest absolute Gasteiger partial charge is 0.120 e. The summed E-state index contributed by atoms with van der Waals surface area (Å²) in [4.78, 5) is 0. The molecule has 90 valence electrons. The first-order chi connectivity index (χ1) is 8.38. The highest BCUT2D eigenvalue weighted by atomic mass is 16.5. The maximum absolute atomic E-state index is 8.74. The first-order valence-corrected chi connectivity index (χ1v) is 5.84. The van der Waals surface area contributed by atoms with Gasteiger partial charge in [-0.2, -0.15) is 5.26 Å². The molecule has 1 saturated heterocycles. The van der Waals surface area contributed by atoms with Crippen molar-refractivity contribution in [3.63, 3.8) is 0 Å². The van der Waals surface area contributed by atoms with Gasteiger partial charge in [0, 0.05) is 6.54 Å². The number of ether oxygens (including phenoxy) is 2. The van der Waals surface area contributed by atoms with E-state index >= 15 is 0 Å². The molecule has 1 aromatic rings. The van der Waals surface area contributed by atoms with Crippen LogP contribution >= 0.6 is 0 Å². The number of nitrogens with zero attached hydrogens (tertiary/aromatic N) is 1. The molecule has 0 amide bonds. The van der Waals surface area contributed by atoms with Crippen LogP contribution in [0.5, 0.6) is 5.75 Å². The van der Waals surface area contributed by atoms with Crippen LogP contribution in [0.15, 0.2) is 24.3 Å². The lowest BCUT2D eigenvalue weighted by Crippen LogP contribution is -2.19. The molecule has 0 bridgehead atoms. The van der Waals surface area contributed by atoms with Crippen LogP contribution in [-0.2, 0) is 4.74 Å². The minimum absolute atomic E-state index is 0.323. The summed E-state index contributed by atoms with van der Waals surface area (Å²) in [5.41, 5.74) is 0.614. The number of nitriles is 1. The average Bonchev–Trinajstić information content (AvgIpc) is 2.88. The second kappa shape index (κ2) is 6.24. The van der Waals surface area contributed by atoms with Gasteiger partial charge in [-0.3, -0.25) is 0 Å². The highest BCUT2D eigenvalue weighted by Gasteiger charge is 2.13. The molecule has 1 aromatic carbocycles. The Morgan fingerprint density at radius 2 is 2.35 bits per heavy atom. The average molecular weight is 232 g/mol. The van der Waals surface area contributed by atoms with Crippen molar-refractivity contribution in [3.8, 4) is 11.8 Å². The summed E-state index contributed by atoms with van der Waals surface area (Å²) >= 11 is 0. The van der Waals surface area contributed by atoms with Gasteiger partial charge in [-0.1, -0.05) is 6.07 Å². The van der Waals surface area contributed by atoms with Crippen molar-refractivity contribution < 1.29 is 9.47 Å². The molecule has 1 aliphatic rings. The summed E-state index contributed by atoms with van der Waals surface area (Å²) in [6.45, 7) is 3.08. The largest absolute Gasteiger partial charge is 0.491 e. The van der Waals surface area contributed by atoms with Crippen LogP contribution in [0.3, 0.4) is 0 Å². The SMILES string of the molecule is N#Cc1cccc(OCCOC2CCNC2)c1. The fourth-order valence-corrected chi connectivity index (χ4v) is 1.80. The van der Waals surface area contributed by atoms with Crippen molar-refractivity contribution in [1.82, 2.24) is 5.32 Å². The predicted octanol–water partition coefficient (Wildman–Crippen LogP) is 1.32. The topological polar surface area (TPSA) is 54.3 Å². The molecule has 1 fully saturated rings. The van der Waals surface area contributed by atoms with E-state index in [0.29, 0.717) is 24.9 Å². The molecular weight excluding hydrogens is 216 g/mol. The van der Waals surface area contributed by atoms with Crippen LogP contribution in [0.1, 0.15) is 12.0 Å². The molecule has 1 atom stereocenters. The second-order valence-electron chi connectivity index (χ2n) is 3.97. The summed E-state index contributed by atoms with van der Waals surface area (Å²) in [6.07, 6.45) is 1.40. The summed E-state index contributed by atoms with van der Waals surface area (Å²) in [5.74, 6) is 0.720. The fraction of sp³-hybridized carbons (Fsp3) is 0.462. The van der Waals surface area contributed by atoms with E-state index in [1.165, 1.54) is 0 Å². The lowest BCUT2D eigenvalue weighted by Gasteiger charge is -2.11. The quantitative estimate of drug-likeness (QED) is 0.778. The van der Waals surface area contributed by atoms with E-state index in [-0.39, 0.29) is 0 Å². The lowest BCUT2D eigenvalue weighted by atomic mass is 10.2. The first kappa shape index (κ1) is 11.9. The molecule has 0 radical (unpaired) electrons.